The number of benzene rings is 1. The summed E-state index contributed by atoms with van der Waals surface area (Å²) in [7, 11) is -4.37. The van der Waals surface area contributed by atoms with Crippen LogP contribution >= 0.6 is 23.2 Å². The number of carbonyl (C=O) groups excluding carboxylic acids is 3. The summed E-state index contributed by atoms with van der Waals surface area (Å²) >= 11 is 12.0. The number of nitrogens with zero attached hydrogens (tertiary/aromatic N) is 4. The number of halogens is 4. The lowest BCUT2D eigenvalue weighted by atomic mass is 9.79. The van der Waals surface area contributed by atoms with Crippen LogP contribution in [-0.2, 0) is 29.7 Å². The smallest absolute Gasteiger partial charge is 0.411 e. The van der Waals surface area contributed by atoms with Crippen LogP contribution < -0.4 is 5.32 Å². The van der Waals surface area contributed by atoms with E-state index in [1.54, 1.807) is 20.8 Å². The van der Waals surface area contributed by atoms with Gasteiger partial charge in [0.1, 0.15) is 34.5 Å². The first kappa shape index (κ1) is 32.8. The van der Waals surface area contributed by atoms with Crippen LogP contribution in [-0.4, -0.2) is 76.6 Å². The Labute approximate surface area is 268 Å². The maximum Gasteiger partial charge on any atom is 0.411 e. The minimum Gasteiger partial charge on any atom is -0.444 e. The van der Waals surface area contributed by atoms with Crippen LogP contribution in [0.3, 0.4) is 0 Å². The first-order valence-electron chi connectivity index (χ1n) is 14.0. The molecule has 3 heterocycles. The summed E-state index contributed by atoms with van der Waals surface area (Å²) in [5, 5.41) is 10.3. The summed E-state index contributed by atoms with van der Waals surface area (Å²) in [5.41, 5.74) is -4.73. The molecule has 2 unspecified atom stereocenters. The number of nitrogens with one attached hydrogen (secondary N) is 1. The third-order valence-electron chi connectivity index (χ3n) is 8.12. The lowest BCUT2D eigenvalue weighted by Crippen LogP contribution is -2.69. The highest BCUT2D eigenvalue weighted by atomic mass is 35.5. The van der Waals surface area contributed by atoms with Crippen molar-refractivity contribution in [2.45, 2.75) is 79.3 Å². The summed E-state index contributed by atoms with van der Waals surface area (Å²) in [5.74, 6) is -3.54. The molecule has 5 rings (SSSR count). The third kappa shape index (κ3) is 5.93. The Morgan fingerprint density at radius 1 is 1.16 bits per heavy atom. The topological polar surface area (TPSA) is 150 Å². The average molecular weight is 685 g/mol. The molecule has 2 aromatic rings. The molecule has 2 aliphatic heterocycles. The molecule has 3 atom stereocenters. The van der Waals surface area contributed by atoms with E-state index in [0.717, 1.165) is 40.3 Å². The highest BCUT2D eigenvalue weighted by Gasteiger charge is 2.62. The molecule has 16 heteroatoms. The predicted octanol–water partition coefficient (Wildman–Crippen LogP) is 4.12. The number of hydrogen-bond donors (Lipinski definition) is 1. The number of carbonyl (C=O) groups is 3. The minimum absolute atomic E-state index is 0.0421. The first-order chi connectivity index (χ1) is 20.9. The van der Waals surface area contributed by atoms with Crippen molar-refractivity contribution in [1.82, 2.24) is 20.1 Å². The fraction of sp³-hybridized carbons (Fsp3) is 0.483. The molecule has 0 spiro atoms. The quantitative estimate of drug-likeness (QED) is 0.447. The molecule has 0 radical (unpaired) electrons. The van der Waals surface area contributed by atoms with Crippen molar-refractivity contribution < 1.29 is 36.3 Å². The van der Waals surface area contributed by atoms with Crippen molar-refractivity contribution >= 4 is 50.9 Å². The molecule has 1 aromatic carbocycles. The van der Waals surface area contributed by atoms with Crippen LogP contribution in [0.4, 0.5) is 13.6 Å². The van der Waals surface area contributed by atoms with E-state index in [2.05, 4.69) is 10.3 Å². The van der Waals surface area contributed by atoms with E-state index in [1.807, 2.05) is 6.07 Å². The number of amides is 3. The lowest BCUT2D eigenvalue weighted by molar-refractivity contribution is -0.158. The molecule has 1 N–H and O–H groups in total. The highest BCUT2D eigenvalue weighted by molar-refractivity contribution is 7.92. The van der Waals surface area contributed by atoms with E-state index in [-0.39, 0.29) is 23.0 Å². The molecule has 1 aliphatic carbocycles. The van der Waals surface area contributed by atoms with Gasteiger partial charge in [-0.25, -0.2) is 22.0 Å². The van der Waals surface area contributed by atoms with Gasteiger partial charge in [0, 0.05) is 25.7 Å². The van der Waals surface area contributed by atoms with E-state index < -0.39 is 90.9 Å². The second kappa shape index (κ2) is 11.4. The second-order valence-electron chi connectivity index (χ2n) is 12.4. The molecule has 3 aliphatic rings. The number of likely N-dealkylation sites (tertiary alicyclic amines) is 2. The highest BCUT2D eigenvalue weighted by Crippen LogP contribution is 2.46. The summed E-state index contributed by atoms with van der Waals surface area (Å²) < 4.78 is 62.3. The Morgan fingerprint density at radius 2 is 1.84 bits per heavy atom. The third-order valence-corrected chi connectivity index (χ3v) is 10.9. The number of aromatic nitrogens is 1. The van der Waals surface area contributed by atoms with Gasteiger partial charge in [-0.05, 0) is 64.3 Å². The fourth-order valence-electron chi connectivity index (χ4n) is 5.63. The van der Waals surface area contributed by atoms with Gasteiger partial charge in [0.2, 0.25) is 5.91 Å². The second-order valence-corrected chi connectivity index (χ2v) is 15.4. The van der Waals surface area contributed by atoms with Gasteiger partial charge in [-0.3, -0.25) is 19.5 Å². The van der Waals surface area contributed by atoms with Gasteiger partial charge in [0.15, 0.2) is 15.4 Å². The Bertz CT molecular complexity index is 1740. The molecule has 1 saturated carbocycles. The number of ether oxygens (including phenoxy) is 1. The van der Waals surface area contributed by atoms with Crippen LogP contribution in [0.25, 0.3) is 0 Å². The van der Waals surface area contributed by atoms with Crippen molar-refractivity contribution in [3.05, 3.63) is 57.8 Å². The van der Waals surface area contributed by atoms with E-state index in [0.29, 0.717) is 12.8 Å². The van der Waals surface area contributed by atoms with Gasteiger partial charge >= 0.3 is 6.09 Å². The SMILES string of the molecule is CC(C)(C)OC(=O)N1CCC1(C(=O)N1CC(S(=O)(=O)c2ccc(F)cc2Cl)C[C@H]1C(=O)NC1(C#N)CC1)c1ncc(Cl)cc1F. The monoisotopic (exact) mass is 683 g/mol. The van der Waals surface area contributed by atoms with E-state index in [9.17, 15) is 32.5 Å². The van der Waals surface area contributed by atoms with Gasteiger partial charge in [-0.1, -0.05) is 23.2 Å². The Hall–Kier alpha value is -3.54. The molecule has 11 nitrogen and oxygen atoms in total. The molecule has 1 aromatic heterocycles. The van der Waals surface area contributed by atoms with Crippen LogP contribution in [0.1, 0.15) is 52.1 Å². The molecule has 2 saturated heterocycles. The van der Waals surface area contributed by atoms with E-state index in [1.165, 1.54) is 0 Å². The fourth-order valence-corrected chi connectivity index (χ4v) is 8.00. The molecular formula is C29H29Cl2F2N5O6S. The van der Waals surface area contributed by atoms with Crippen LogP contribution in [0.2, 0.25) is 10.0 Å². The maximum absolute atomic E-state index is 15.5. The van der Waals surface area contributed by atoms with Crippen molar-refractivity contribution in [3.8, 4) is 6.07 Å². The Morgan fingerprint density at radius 3 is 2.38 bits per heavy atom. The van der Waals surface area contributed by atoms with Gasteiger partial charge in [0.05, 0.1) is 26.3 Å². The van der Waals surface area contributed by atoms with Crippen molar-refractivity contribution in [2.24, 2.45) is 0 Å². The molecule has 3 amide bonds. The molecule has 240 valence electrons. The first-order valence-corrected chi connectivity index (χ1v) is 16.3. The van der Waals surface area contributed by atoms with Crippen molar-refractivity contribution in [1.29, 1.82) is 5.26 Å². The standard InChI is InChI=1S/C29H29Cl2F2N5O6S/c1-27(2,3)44-26(41)38-9-8-29(38,23-20(33)10-16(30)13-35-23)25(40)37-14-18(12-21(37)24(39)36-28(15-34)6-7-28)45(42,43)22-5-4-17(32)11-19(22)31/h4-5,10-11,13,18,21H,6-9,12,14H2,1-3H3,(H,36,39)/t18?,21-,29?/m0/s1. The van der Waals surface area contributed by atoms with Crippen molar-refractivity contribution in [3.63, 3.8) is 0 Å². The summed E-state index contributed by atoms with van der Waals surface area (Å²) in [6.45, 7) is 4.21. The summed E-state index contributed by atoms with van der Waals surface area (Å²) in [6, 6.07) is 4.23. The van der Waals surface area contributed by atoms with Gasteiger partial charge < -0.3 is 15.0 Å². The van der Waals surface area contributed by atoms with Crippen LogP contribution in [0.5, 0.6) is 0 Å². The normalized spacial score (nSPS) is 24.0. The van der Waals surface area contributed by atoms with Crippen LogP contribution in [0, 0.1) is 23.0 Å². The van der Waals surface area contributed by atoms with Gasteiger partial charge in [-0.2, -0.15) is 5.26 Å². The minimum atomic E-state index is -4.37. The number of nitriles is 1. The molecule has 3 fully saturated rings. The molecule has 0 bridgehead atoms. The Kier molecular flexibility index (Phi) is 8.29. The van der Waals surface area contributed by atoms with Crippen LogP contribution in [0.15, 0.2) is 35.4 Å². The number of rotatable bonds is 6. The predicted molar refractivity (Wildman–Crippen MR) is 157 cm³/mol. The average Bonchev–Trinajstić information content (AvgIpc) is 3.52. The van der Waals surface area contributed by atoms with Gasteiger partial charge in [-0.15, -0.1) is 0 Å². The number of sulfone groups is 1. The zero-order valence-corrected chi connectivity index (χ0v) is 26.8. The van der Waals surface area contributed by atoms with E-state index >= 15 is 4.39 Å². The Balaban J connectivity index is 1.59. The largest absolute Gasteiger partial charge is 0.444 e. The summed E-state index contributed by atoms with van der Waals surface area (Å²) in [4.78, 5) is 47.3. The summed E-state index contributed by atoms with van der Waals surface area (Å²) in [6.07, 6.45) is 0.307. The zero-order valence-electron chi connectivity index (χ0n) is 24.4. The number of pyridine rings is 1. The van der Waals surface area contributed by atoms with Gasteiger partial charge in [0.25, 0.3) is 5.91 Å². The van der Waals surface area contributed by atoms with Crippen molar-refractivity contribution in [2.75, 3.05) is 13.1 Å². The zero-order chi connectivity index (χ0) is 33.1. The van der Waals surface area contributed by atoms with E-state index in [4.69, 9.17) is 27.9 Å². The number of hydrogen-bond acceptors (Lipinski definition) is 8. The molecular weight excluding hydrogens is 655 g/mol. The lowest BCUT2D eigenvalue weighted by Gasteiger charge is -2.52. The maximum atomic E-state index is 15.5. The molecule has 45 heavy (non-hydrogen) atoms.